The largest absolute Gasteiger partial charge is 0.494 e. The fourth-order valence-electron chi connectivity index (χ4n) is 2.57. The number of ether oxygens (including phenoxy) is 1. The van der Waals surface area contributed by atoms with E-state index in [2.05, 4.69) is 10.4 Å². The van der Waals surface area contributed by atoms with Crippen molar-refractivity contribution in [2.45, 2.75) is 26.9 Å². The van der Waals surface area contributed by atoms with E-state index in [-0.39, 0.29) is 12.5 Å². The molecule has 3 aromatic rings. The molecule has 0 fully saturated rings. The van der Waals surface area contributed by atoms with Crippen molar-refractivity contribution < 1.29 is 9.53 Å². The average molecular weight is 323 g/mol. The van der Waals surface area contributed by atoms with E-state index in [9.17, 15) is 4.79 Å². The molecule has 1 amide bonds. The van der Waals surface area contributed by atoms with Crippen LogP contribution in [0, 0.1) is 6.92 Å². The molecule has 0 radical (unpaired) electrons. The Bertz CT molecular complexity index is 837. The number of amides is 1. The highest BCUT2D eigenvalue weighted by molar-refractivity contribution is 5.82. The molecule has 1 aromatic heterocycles. The topological polar surface area (TPSA) is 56.1 Å². The molecule has 0 atom stereocenters. The second-order valence-corrected chi connectivity index (χ2v) is 5.72. The van der Waals surface area contributed by atoms with Crippen LogP contribution in [-0.2, 0) is 17.9 Å². The Kier molecular flexibility index (Phi) is 4.79. The van der Waals surface area contributed by atoms with Gasteiger partial charge in [-0.1, -0.05) is 24.3 Å². The lowest BCUT2D eigenvalue weighted by Crippen LogP contribution is -2.27. The number of carbonyl (C=O) groups excluding carboxylic acids is 1. The van der Waals surface area contributed by atoms with Crippen molar-refractivity contribution in [2.75, 3.05) is 6.61 Å². The summed E-state index contributed by atoms with van der Waals surface area (Å²) >= 11 is 0. The van der Waals surface area contributed by atoms with Crippen molar-refractivity contribution in [1.29, 1.82) is 0 Å². The summed E-state index contributed by atoms with van der Waals surface area (Å²) in [6.45, 7) is 5.33. The number of benzene rings is 2. The van der Waals surface area contributed by atoms with Gasteiger partial charge in [0.15, 0.2) is 0 Å². The van der Waals surface area contributed by atoms with Crippen LogP contribution in [-0.4, -0.2) is 22.3 Å². The molecule has 0 unspecified atom stereocenters. The van der Waals surface area contributed by atoms with Gasteiger partial charge < -0.3 is 10.1 Å². The zero-order chi connectivity index (χ0) is 16.9. The standard InChI is InChI=1S/C19H21N3O2/c1-3-24-17-8-5-15(6-9-17)11-20-19(23)13-22-18-10-14(2)4-7-16(18)12-21-22/h4-10,12H,3,11,13H2,1-2H3,(H,20,23). The molecule has 3 rings (SSSR count). The molecule has 0 bridgehead atoms. The Labute approximate surface area is 141 Å². The van der Waals surface area contributed by atoms with Gasteiger partial charge in [-0.05, 0) is 43.2 Å². The first-order valence-corrected chi connectivity index (χ1v) is 8.06. The molecule has 0 aliphatic heterocycles. The zero-order valence-corrected chi connectivity index (χ0v) is 14.0. The minimum Gasteiger partial charge on any atom is -0.494 e. The van der Waals surface area contributed by atoms with Gasteiger partial charge in [-0.25, -0.2) is 0 Å². The number of nitrogens with one attached hydrogen (secondary N) is 1. The molecule has 5 nitrogen and oxygen atoms in total. The number of aryl methyl sites for hydroxylation is 1. The first-order valence-electron chi connectivity index (χ1n) is 8.06. The monoisotopic (exact) mass is 323 g/mol. The maximum atomic E-state index is 12.2. The molecule has 1 heterocycles. The second kappa shape index (κ2) is 7.17. The minimum atomic E-state index is -0.0598. The number of nitrogens with zero attached hydrogens (tertiary/aromatic N) is 2. The first-order chi connectivity index (χ1) is 11.7. The van der Waals surface area contributed by atoms with Crippen LogP contribution in [0.15, 0.2) is 48.7 Å². The lowest BCUT2D eigenvalue weighted by molar-refractivity contribution is -0.121. The highest BCUT2D eigenvalue weighted by atomic mass is 16.5. The van der Waals surface area contributed by atoms with E-state index in [1.165, 1.54) is 0 Å². The molecule has 0 saturated carbocycles. The summed E-state index contributed by atoms with van der Waals surface area (Å²) in [5.74, 6) is 0.779. The molecule has 5 heteroatoms. The smallest absolute Gasteiger partial charge is 0.242 e. The fraction of sp³-hybridized carbons (Fsp3) is 0.263. The highest BCUT2D eigenvalue weighted by Crippen LogP contribution is 2.15. The van der Waals surface area contributed by atoms with E-state index in [1.807, 2.05) is 56.3 Å². The number of fused-ring (bicyclic) bond motifs is 1. The summed E-state index contributed by atoms with van der Waals surface area (Å²) in [4.78, 5) is 12.2. The van der Waals surface area contributed by atoms with Gasteiger partial charge in [0.2, 0.25) is 5.91 Å². The summed E-state index contributed by atoms with van der Waals surface area (Å²) in [6, 6.07) is 13.8. The molecule has 0 aliphatic rings. The number of carbonyl (C=O) groups is 1. The third-order valence-electron chi connectivity index (χ3n) is 3.82. The second-order valence-electron chi connectivity index (χ2n) is 5.72. The van der Waals surface area contributed by atoms with Gasteiger partial charge in [-0.3, -0.25) is 9.48 Å². The van der Waals surface area contributed by atoms with Crippen molar-refractivity contribution in [3.8, 4) is 5.75 Å². The molecule has 1 N–H and O–H groups in total. The Hall–Kier alpha value is -2.82. The molecule has 0 spiro atoms. The maximum Gasteiger partial charge on any atom is 0.242 e. The fourth-order valence-corrected chi connectivity index (χ4v) is 2.57. The zero-order valence-electron chi connectivity index (χ0n) is 14.0. The molecule has 0 saturated heterocycles. The highest BCUT2D eigenvalue weighted by Gasteiger charge is 2.08. The molecule has 0 aliphatic carbocycles. The van der Waals surface area contributed by atoms with Gasteiger partial charge in [0.1, 0.15) is 12.3 Å². The maximum absolute atomic E-state index is 12.2. The average Bonchev–Trinajstić information content (AvgIpc) is 2.97. The Morgan fingerprint density at radius 1 is 1.21 bits per heavy atom. The van der Waals surface area contributed by atoms with Gasteiger partial charge >= 0.3 is 0 Å². The van der Waals surface area contributed by atoms with E-state index in [0.29, 0.717) is 13.2 Å². The van der Waals surface area contributed by atoms with Crippen LogP contribution in [0.3, 0.4) is 0 Å². The van der Waals surface area contributed by atoms with Gasteiger partial charge in [-0.2, -0.15) is 5.10 Å². The van der Waals surface area contributed by atoms with Crippen LogP contribution in [0.1, 0.15) is 18.1 Å². The Morgan fingerprint density at radius 2 is 2.00 bits per heavy atom. The molecular weight excluding hydrogens is 302 g/mol. The first kappa shape index (κ1) is 16.1. The predicted octanol–water partition coefficient (Wildman–Crippen LogP) is 3.06. The van der Waals surface area contributed by atoms with Crippen LogP contribution in [0.4, 0.5) is 0 Å². The summed E-state index contributed by atoms with van der Waals surface area (Å²) in [6.07, 6.45) is 1.79. The Balaban J connectivity index is 1.59. The third kappa shape index (κ3) is 3.74. The summed E-state index contributed by atoms with van der Waals surface area (Å²) in [5, 5.41) is 8.27. The van der Waals surface area contributed by atoms with Crippen LogP contribution >= 0.6 is 0 Å². The third-order valence-corrected chi connectivity index (χ3v) is 3.82. The number of aromatic nitrogens is 2. The van der Waals surface area contributed by atoms with E-state index in [0.717, 1.165) is 27.8 Å². The van der Waals surface area contributed by atoms with Gasteiger partial charge in [0.25, 0.3) is 0 Å². The van der Waals surface area contributed by atoms with E-state index >= 15 is 0 Å². The lowest BCUT2D eigenvalue weighted by atomic mass is 10.2. The molecular formula is C19H21N3O2. The Morgan fingerprint density at radius 3 is 2.75 bits per heavy atom. The summed E-state index contributed by atoms with van der Waals surface area (Å²) in [5.41, 5.74) is 3.17. The molecule has 24 heavy (non-hydrogen) atoms. The quantitative estimate of drug-likeness (QED) is 0.758. The van der Waals surface area contributed by atoms with Gasteiger partial charge in [0, 0.05) is 11.9 Å². The van der Waals surface area contributed by atoms with E-state index in [4.69, 9.17) is 4.74 Å². The number of rotatable bonds is 6. The SMILES string of the molecule is CCOc1ccc(CNC(=O)Cn2ncc3ccc(C)cc32)cc1. The van der Waals surface area contributed by atoms with Crippen molar-refractivity contribution in [3.63, 3.8) is 0 Å². The van der Waals surface area contributed by atoms with Crippen molar-refractivity contribution >= 4 is 16.8 Å². The lowest BCUT2D eigenvalue weighted by Gasteiger charge is -2.08. The molecule has 124 valence electrons. The van der Waals surface area contributed by atoms with E-state index < -0.39 is 0 Å². The van der Waals surface area contributed by atoms with Gasteiger partial charge in [-0.15, -0.1) is 0 Å². The molecule has 2 aromatic carbocycles. The predicted molar refractivity (Wildman–Crippen MR) is 93.9 cm³/mol. The van der Waals surface area contributed by atoms with Crippen LogP contribution in [0.25, 0.3) is 10.9 Å². The normalized spacial score (nSPS) is 10.8. The minimum absolute atomic E-state index is 0.0598. The van der Waals surface area contributed by atoms with Crippen LogP contribution < -0.4 is 10.1 Å². The van der Waals surface area contributed by atoms with Crippen molar-refractivity contribution in [3.05, 3.63) is 59.8 Å². The van der Waals surface area contributed by atoms with Crippen molar-refractivity contribution in [2.24, 2.45) is 0 Å². The summed E-state index contributed by atoms with van der Waals surface area (Å²) < 4.78 is 7.14. The van der Waals surface area contributed by atoms with E-state index in [1.54, 1.807) is 10.9 Å². The number of hydrogen-bond donors (Lipinski definition) is 1. The van der Waals surface area contributed by atoms with Crippen LogP contribution in [0.5, 0.6) is 5.75 Å². The van der Waals surface area contributed by atoms with Crippen LogP contribution in [0.2, 0.25) is 0 Å². The summed E-state index contributed by atoms with van der Waals surface area (Å²) in [7, 11) is 0. The van der Waals surface area contributed by atoms with Crippen molar-refractivity contribution in [1.82, 2.24) is 15.1 Å². The van der Waals surface area contributed by atoms with Gasteiger partial charge in [0.05, 0.1) is 18.3 Å². The number of hydrogen-bond acceptors (Lipinski definition) is 3.